The second-order valence-electron chi connectivity index (χ2n) is 5.60. The first-order chi connectivity index (χ1) is 10.2. The number of likely N-dealkylation sites (tertiary alicyclic amines) is 1. The molecule has 21 heavy (non-hydrogen) atoms. The monoisotopic (exact) mass is 365 g/mol. The molecule has 1 aliphatic rings. The van der Waals surface area contributed by atoms with E-state index in [1.165, 1.54) is 20.6 Å². The lowest BCUT2D eigenvalue weighted by Gasteiger charge is -2.25. The Hall–Kier alpha value is -0.750. The Morgan fingerprint density at radius 1 is 1.43 bits per heavy atom. The van der Waals surface area contributed by atoms with Crippen molar-refractivity contribution >= 4 is 27.3 Å². The molecular formula is C16H20BrN3S. The van der Waals surface area contributed by atoms with Crippen molar-refractivity contribution in [3.05, 3.63) is 50.9 Å². The Balaban J connectivity index is 1.59. The average molecular weight is 366 g/mol. The number of aromatic nitrogens is 1. The fraction of sp³-hybridized carbons (Fsp3) is 0.438. The minimum atomic E-state index is 0.487. The summed E-state index contributed by atoms with van der Waals surface area (Å²) in [5.41, 5.74) is 1.34. The van der Waals surface area contributed by atoms with E-state index in [-0.39, 0.29) is 0 Å². The predicted octanol–water partition coefficient (Wildman–Crippen LogP) is 3.69. The van der Waals surface area contributed by atoms with Crippen molar-refractivity contribution in [1.29, 1.82) is 0 Å². The number of thiophene rings is 1. The third-order valence-electron chi connectivity index (χ3n) is 4.13. The number of hydrogen-bond acceptors (Lipinski definition) is 4. The lowest BCUT2D eigenvalue weighted by Crippen LogP contribution is -2.28. The third-order valence-corrected chi connectivity index (χ3v) is 5.76. The van der Waals surface area contributed by atoms with Crippen LogP contribution in [0, 0.1) is 5.92 Å². The largest absolute Gasteiger partial charge is 0.312 e. The van der Waals surface area contributed by atoms with Gasteiger partial charge in [-0.2, -0.15) is 0 Å². The van der Waals surface area contributed by atoms with Crippen molar-refractivity contribution in [2.45, 2.75) is 19.0 Å². The van der Waals surface area contributed by atoms with Crippen LogP contribution in [0.3, 0.4) is 0 Å². The van der Waals surface area contributed by atoms with E-state index in [9.17, 15) is 0 Å². The molecule has 0 saturated carbocycles. The molecule has 3 nitrogen and oxygen atoms in total. The van der Waals surface area contributed by atoms with Crippen molar-refractivity contribution in [2.24, 2.45) is 5.92 Å². The summed E-state index contributed by atoms with van der Waals surface area (Å²) in [4.78, 5) is 8.11. The first-order valence-electron chi connectivity index (χ1n) is 7.29. The summed E-state index contributed by atoms with van der Waals surface area (Å²) in [5.74, 6) is 0.655. The Kier molecular flexibility index (Phi) is 5.06. The van der Waals surface area contributed by atoms with E-state index >= 15 is 0 Å². The number of pyridine rings is 1. The molecule has 1 fully saturated rings. The summed E-state index contributed by atoms with van der Waals surface area (Å²) in [6, 6.07) is 9.02. The predicted molar refractivity (Wildman–Crippen MR) is 91.4 cm³/mol. The molecule has 0 bridgehead atoms. The standard InChI is InChI=1S/C16H20BrN3S/c1-20-8-6-13(16(20)12-3-2-7-18-9-12)10-19-11-14-4-5-15(17)21-14/h2-5,7,9,13,16,19H,6,8,10-11H2,1H3/t13-,16-/m0/s1. The first-order valence-corrected chi connectivity index (χ1v) is 8.90. The van der Waals surface area contributed by atoms with Gasteiger partial charge in [-0.1, -0.05) is 6.07 Å². The van der Waals surface area contributed by atoms with Gasteiger partial charge >= 0.3 is 0 Å². The molecule has 1 saturated heterocycles. The maximum absolute atomic E-state index is 4.28. The topological polar surface area (TPSA) is 28.2 Å². The molecule has 0 spiro atoms. The van der Waals surface area contributed by atoms with Gasteiger partial charge in [-0.25, -0.2) is 0 Å². The van der Waals surface area contributed by atoms with Gasteiger partial charge in [0.1, 0.15) is 0 Å². The molecule has 3 heterocycles. The van der Waals surface area contributed by atoms with Crippen molar-refractivity contribution in [1.82, 2.24) is 15.2 Å². The van der Waals surface area contributed by atoms with Gasteiger partial charge in [-0.05, 0) is 65.6 Å². The molecular weight excluding hydrogens is 346 g/mol. The highest BCUT2D eigenvalue weighted by Gasteiger charge is 2.32. The van der Waals surface area contributed by atoms with Gasteiger partial charge in [0.05, 0.1) is 3.79 Å². The summed E-state index contributed by atoms with van der Waals surface area (Å²) in [6.07, 6.45) is 5.10. The zero-order valence-corrected chi connectivity index (χ0v) is 14.5. The summed E-state index contributed by atoms with van der Waals surface area (Å²) in [6.45, 7) is 3.17. The second kappa shape index (κ2) is 7.01. The molecule has 0 radical (unpaired) electrons. The Morgan fingerprint density at radius 3 is 3.05 bits per heavy atom. The van der Waals surface area contributed by atoms with E-state index in [4.69, 9.17) is 0 Å². The molecule has 1 N–H and O–H groups in total. The summed E-state index contributed by atoms with van der Waals surface area (Å²) < 4.78 is 1.20. The smallest absolute Gasteiger partial charge is 0.0701 e. The lowest BCUT2D eigenvalue weighted by molar-refractivity contribution is 0.271. The molecule has 0 unspecified atom stereocenters. The number of nitrogens with zero attached hydrogens (tertiary/aromatic N) is 2. The van der Waals surface area contributed by atoms with Crippen LogP contribution in [-0.4, -0.2) is 30.0 Å². The number of rotatable bonds is 5. The number of hydrogen-bond donors (Lipinski definition) is 1. The van der Waals surface area contributed by atoms with E-state index in [0.717, 1.165) is 19.6 Å². The van der Waals surface area contributed by atoms with Gasteiger partial charge in [-0.15, -0.1) is 11.3 Å². The van der Waals surface area contributed by atoms with E-state index in [1.807, 2.05) is 18.5 Å². The van der Waals surface area contributed by atoms with Crippen molar-refractivity contribution in [2.75, 3.05) is 20.1 Å². The van der Waals surface area contributed by atoms with E-state index < -0.39 is 0 Å². The summed E-state index contributed by atoms with van der Waals surface area (Å²) in [7, 11) is 2.22. The first kappa shape index (κ1) is 15.2. The maximum Gasteiger partial charge on any atom is 0.0701 e. The lowest BCUT2D eigenvalue weighted by atomic mass is 9.95. The highest BCUT2D eigenvalue weighted by Crippen LogP contribution is 2.35. The van der Waals surface area contributed by atoms with Gasteiger partial charge in [0, 0.05) is 36.4 Å². The molecule has 112 valence electrons. The van der Waals surface area contributed by atoms with E-state index in [2.05, 4.69) is 56.4 Å². The highest BCUT2D eigenvalue weighted by atomic mass is 79.9. The number of nitrogens with one attached hydrogen (secondary N) is 1. The average Bonchev–Trinajstić information content (AvgIpc) is 3.06. The van der Waals surface area contributed by atoms with Crippen molar-refractivity contribution in [3.63, 3.8) is 0 Å². The van der Waals surface area contributed by atoms with Crippen LogP contribution in [0.15, 0.2) is 40.4 Å². The summed E-state index contributed by atoms with van der Waals surface area (Å²) in [5, 5.41) is 3.62. The zero-order valence-electron chi connectivity index (χ0n) is 12.1. The van der Waals surface area contributed by atoms with Crippen LogP contribution in [-0.2, 0) is 6.54 Å². The minimum Gasteiger partial charge on any atom is -0.312 e. The van der Waals surface area contributed by atoms with E-state index in [0.29, 0.717) is 12.0 Å². The Labute approximate surface area is 138 Å². The van der Waals surface area contributed by atoms with Crippen LogP contribution >= 0.6 is 27.3 Å². The minimum absolute atomic E-state index is 0.487. The number of halogens is 1. The van der Waals surface area contributed by atoms with Gasteiger partial charge in [-0.3, -0.25) is 9.88 Å². The molecule has 3 rings (SSSR count). The zero-order chi connectivity index (χ0) is 14.7. The van der Waals surface area contributed by atoms with Crippen LogP contribution in [0.2, 0.25) is 0 Å². The second-order valence-corrected chi connectivity index (χ2v) is 8.14. The molecule has 2 aromatic rings. The SMILES string of the molecule is CN1CC[C@@H](CNCc2ccc(Br)s2)[C@@H]1c1cccnc1. The molecule has 0 aliphatic carbocycles. The van der Waals surface area contributed by atoms with Gasteiger partial charge in [0.15, 0.2) is 0 Å². The van der Waals surface area contributed by atoms with Crippen LogP contribution in [0.4, 0.5) is 0 Å². The molecule has 0 aromatic carbocycles. The fourth-order valence-corrected chi connectivity index (χ4v) is 4.60. The third kappa shape index (κ3) is 3.72. The molecule has 0 amide bonds. The molecule has 1 aliphatic heterocycles. The maximum atomic E-state index is 4.28. The van der Waals surface area contributed by atoms with Crippen LogP contribution in [0.5, 0.6) is 0 Å². The van der Waals surface area contributed by atoms with Crippen LogP contribution in [0.1, 0.15) is 22.9 Å². The quantitative estimate of drug-likeness (QED) is 0.875. The highest BCUT2D eigenvalue weighted by molar-refractivity contribution is 9.11. The fourth-order valence-electron chi connectivity index (χ4n) is 3.15. The Morgan fingerprint density at radius 2 is 2.33 bits per heavy atom. The van der Waals surface area contributed by atoms with Crippen LogP contribution in [0.25, 0.3) is 0 Å². The molecule has 2 atom stereocenters. The summed E-state index contributed by atoms with van der Waals surface area (Å²) >= 11 is 5.32. The van der Waals surface area contributed by atoms with Crippen LogP contribution < -0.4 is 5.32 Å². The van der Waals surface area contributed by atoms with Gasteiger partial charge in [0.2, 0.25) is 0 Å². The molecule has 2 aromatic heterocycles. The van der Waals surface area contributed by atoms with E-state index in [1.54, 1.807) is 11.3 Å². The van der Waals surface area contributed by atoms with Crippen molar-refractivity contribution < 1.29 is 0 Å². The normalized spacial score (nSPS) is 22.8. The van der Waals surface area contributed by atoms with Crippen molar-refractivity contribution in [3.8, 4) is 0 Å². The van der Waals surface area contributed by atoms with Gasteiger partial charge in [0.25, 0.3) is 0 Å². The molecule has 5 heteroatoms. The van der Waals surface area contributed by atoms with Gasteiger partial charge < -0.3 is 5.32 Å². The Bertz CT molecular complexity index is 572.